The number of nitrogens with one attached hydrogen (secondary N) is 3. The molecule has 0 aliphatic heterocycles. The number of carbonyl (C=O) groups is 2. The smallest absolute Gasteiger partial charge is 0.323 e. The van der Waals surface area contributed by atoms with Gasteiger partial charge >= 0.3 is 5.97 Å². The summed E-state index contributed by atoms with van der Waals surface area (Å²) in [4.78, 5) is 23.6. The van der Waals surface area contributed by atoms with Crippen LogP contribution in [0.25, 0.3) is 11.3 Å². The highest BCUT2D eigenvalue weighted by atomic mass is 32.2. The van der Waals surface area contributed by atoms with Crippen LogP contribution in [0.15, 0.2) is 44.3 Å². The molecule has 3 aromatic rings. The summed E-state index contributed by atoms with van der Waals surface area (Å²) in [6.45, 7) is 2.29. The number of aryl methyl sites for hydroxylation is 2. The van der Waals surface area contributed by atoms with Crippen molar-refractivity contribution < 1.29 is 32.2 Å². The van der Waals surface area contributed by atoms with E-state index in [9.17, 15) is 23.1 Å². The average molecular weight is 505 g/mol. The van der Waals surface area contributed by atoms with Crippen LogP contribution in [-0.4, -0.2) is 54.1 Å². The van der Waals surface area contributed by atoms with Gasteiger partial charge in [0.1, 0.15) is 28.1 Å². The molecule has 1 atom stereocenters. The second-order valence-corrected chi connectivity index (χ2v) is 9.37. The van der Waals surface area contributed by atoms with Crippen LogP contribution in [0, 0.1) is 19.3 Å². The highest BCUT2D eigenvalue weighted by Crippen LogP contribution is 2.21. The molecule has 1 unspecified atom stereocenters. The van der Waals surface area contributed by atoms with Crippen LogP contribution < -0.4 is 15.8 Å². The Kier molecular flexibility index (Phi) is 7.66. The molecule has 1 aromatic carbocycles. The van der Waals surface area contributed by atoms with Crippen LogP contribution in [0.4, 0.5) is 0 Å². The maximum Gasteiger partial charge on any atom is 0.323 e. The van der Waals surface area contributed by atoms with Crippen molar-refractivity contribution in [1.29, 1.82) is 5.41 Å². The third-order valence-electron chi connectivity index (χ3n) is 4.87. The molecule has 0 aliphatic rings. The van der Waals surface area contributed by atoms with Crippen molar-refractivity contribution in [3.05, 3.63) is 53.1 Å². The number of aliphatic carboxylic acids is 1. The summed E-state index contributed by atoms with van der Waals surface area (Å²) in [7, 11) is -4.25. The molecule has 13 nitrogen and oxygen atoms in total. The molecule has 2 aromatic heterocycles. The van der Waals surface area contributed by atoms with Gasteiger partial charge in [0.25, 0.3) is 0 Å². The Morgan fingerprint density at radius 3 is 2.40 bits per heavy atom. The fourth-order valence-electron chi connectivity index (χ4n) is 3.27. The van der Waals surface area contributed by atoms with Gasteiger partial charge in [-0.1, -0.05) is 34.6 Å². The van der Waals surface area contributed by atoms with Crippen molar-refractivity contribution in [3.8, 4) is 11.3 Å². The largest absolute Gasteiger partial charge is 0.480 e. The molecule has 0 spiro atoms. The van der Waals surface area contributed by atoms with Crippen LogP contribution in [0.1, 0.15) is 22.8 Å². The van der Waals surface area contributed by atoms with Crippen molar-refractivity contribution in [3.63, 3.8) is 0 Å². The number of aromatic nitrogens is 2. The summed E-state index contributed by atoms with van der Waals surface area (Å²) in [5, 5.41) is 26.6. The zero-order chi connectivity index (χ0) is 25.8. The number of hydrogen-bond acceptors (Lipinski definition) is 9. The lowest BCUT2D eigenvalue weighted by Crippen LogP contribution is -2.48. The number of nitrogens with zero attached hydrogens (tertiary/aromatic N) is 2. The highest BCUT2D eigenvalue weighted by molar-refractivity contribution is 7.89. The Balaban J connectivity index is 1.59. The van der Waals surface area contributed by atoms with Gasteiger partial charge in [0.05, 0.1) is 12.3 Å². The van der Waals surface area contributed by atoms with E-state index >= 15 is 0 Å². The van der Waals surface area contributed by atoms with Crippen molar-refractivity contribution in [2.45, 2.75) is 37.6 Å². The quantitative estimate of drug-likeness (QED) is 0.180. The molecule has 14 heteroatoms. The first-order valence-corrected chi connectivity index (χ1v) is 11.8. The molecule has 2 heterocycles. The number of nitrogens with two attached hydrogens (primary N) is 1. The maximum absolute atomic E-state index is 12.6. The molecule has 6 N–H and O–H groups in total. The number of carbonyl (C=O) groups excluding carboxylic acids is 1. The molecule has 0 fully saturated rings. The number of carboxylic acid groups (broad SMARTS) is 1. The van der Waals surface area contributed by atoms with Crippen molar-refractivity contribution in [1.82, 2.24) is 20.4 Å². The number of amidine groups is 1. The van der Waals surface area contributed by atoms with E-state index in [4.69, 9.17) is 20.2 Å². The van der Waals surface area contributed by atoms with Gasteiger partial charge in [-0.25, -0.2) is 8.42 Å². The van der Waals surface area contributed by atoms with Gasteiger partial charge in [0.2, 0.25) is 15.9 Å². The lowest BCUT2D eigenvalue weighted by Gasteiger charge is -2.15. The Bertz CT molecular complexity index is 1330. The summed E-state index contributed by atoms with van der Waals surface area (Å²) in [6, 6.07) is 7.09. The molecule has 0 saturated heterocycles. The summed E-state index contributed by atoms with van der Waals surface area (Å²) in [5.74, 6) is -1.77. The fraction of sp³-hybridized carbons (Fsp3) is 0.286. The minimum Gasteiger partial charge on any atom is -0.480 e. The van der Waals surface area contributed by atoms with Gasteiger partial charge in [0, 0.05) is 24.6 Å². The van der Waals surface area contributed by atoms with Crippen LogP contribution in [0.2, 0.25) is 0 Å². The minimum absolute atomic E-state index is 0.0118. The van der Waals surface area contributed by atoms with E-state index < -0.39 is 34.5 Å². The summed E-state index contributed by atoms with van der Waals surface area (Å²) in [6.07, 6.45) is 0.0918. The molecule has 3 rings (SSSR count). The number of sulfonamides is 1. The van der Waals surface area contributed by atoms with Gasteiger partial charge in [-0.15, -0.1) is 0 Å². The second-order valence-electron chi connectivity index (χ2n) is 7.72. The van der Waals surface area contributed by atoms with Crippen LogP contribution in [-0.2, 0) is 32.5 Å². The lowest BCUT2D eigenvalue weighted by atomic mass is 10.1. The average Bonchev–Trinajstić information content (AvgIpc) is 3.37. The third kappa shape index (κ3) is 6.51. The van der Waals surface area contributed by atoms with Crippen molar-refractivity contribution >= 4 is 27.7 Å². The third-order valence-corrected chi connectivity index (χ3v) is 6.59. The van der Waals surface area contributed by atoms with Crippen molar-refractivity contribution in [2.75, 3.05) is 6.54 Å². The van der Waals surface area contributed by atoms with Gasteiger partial charge in [-0.05, 0) is 19.4 Å². The summed E-state index contributed by atoms with van der Waals surface area (Å²) >= 11 is 0. The van der Waals surface area contributed by atoms with E-state index in [0.717, 1.165) is 11.1 Å². The monoisotopic (exact) mass is 504 g/mol. The van der Waals surface area contributed by atoms with E-state index in [0.29, 0.717) is 12.1 Å². The van der Waals surface area contributed by atoms with E-state index in [2.05, 4.69) is 15.6 Å². The SMILES string of the molecule is Cc1noc(C)c1S(=O)(=O)NC(CNC(=O)Cc1cc(-c2ccc(CC(=N)N)cc2)no1)C(=O)O. The van der Waals surface area contributed by atoms with Crippen LogP contribution in [0.5, 0.6) is 0 Å². The Hall–Kier alpha value is -4.04. The van der Waals surface area contributed by atoms with Crippen molar-refractivity contribution in [2.24, 2.45) is 5.73 Å². The standard InChI is InChI=1S/C21H24N6O7S/c1-11-20(12(2)33-25-11)35(31,32)27-17(21(29)30)10-24-19(28)9-15-8-16(26-34-15)14-5-3-13(4-6-14)7-18(22)23/h3-6,8,17,27H,7,9-10H2,1-2H3,(H3,22,23)(H,24,28)(H,29,30). The predicted octanol–water partition coefficient (Wildman–Crippen LogP) is 0.515. The number of amides is 1. The number of rotatable bonds is 11. The first-order valence-electron chi connectivity index (χ1n) is 10.3. The van der Waals surface area contributed by atoms with E-state index in [-0.39, 0.29) is 34.4 Å². The predicted molar refractivity (Wildman–Crippen MR) is 122 cm³/mol. The molecule has 186 valence electrons. The molecule has 0 radical (unpaired) electrons. The van der Waals surface area contributed by atoms with Gasteiger partial charge in [0.15, 0.2) is 5.76 Å². The fourth-order valence-corrected chi connectivity index (χ4v) is 4.78. The maximum atomic E-state index is 12.6. The van der Waals surface area contributed by atoms with E-state index in [1.54, 1.807) is 30.3 Å². The summed E-state index contributed by atoms with van der Waals surface area (Å²) in [5.41, 5.74) is 7.55. The Morgan fingerprint density at radius 2 is 1.83 bits per heavy atom. The lowest BCUT2D eigenvalue weighted by molar-refractivity contribution is -0.138. The molecule has 35 heavy (non-hydrogen) atoms. The van der Waals surface area contributed by atoms with E-state index in [1.807, 2.05) is 4.72 Å². The normalized spacial score (nSPS) is 12.3. The topological polar surface area (TPSA) is 214 Å². The molecule has 1 amide bonds. The van der Waals surface area contributed by atoms with Crippen LogP contribution >= 0.6 is 0 Å². The van der Waals surface area contributed by atoms with Gasteiger partial charge in [-0.3, -0.25) is 15.0 Å². The number of carboxylic acids is 1. The van der Waals surface area contributed by atoms with Gasteiger partial charge in [-0.2, -0.15) is 4.72 Å². The highest BCUT2D eigenvalue weighted by Gasteiger charge is 2.30. The molecule has 0 aliphatic carbocycles. The molecule has 0 bridgehead atoms. The first-order chi connectivity index (χ1) is 16.5. The molecule has 0 saturated carbocycles. The van der Waals surface area contributed by atoms with Gasteiger partial charge < -0.3 is 25.2 Å². The molecular weight excluding hydrogens is 480 g/mol. The summed E-state index contributed by atoms with van der Waals surface area (Å²) < 4.78 is 37.2. The number of hydrogen-bond donors (Lipinski definition) is 5. The number of benzene rings is 1. The molecular formula is C21H24N6O7S. The van der Waals surface area contributed by atoms with E-state index in [1.165, 1.54) is 13.8 Å². The van der Waals surface area contributed by atoms with Crippen LogP contribution in [0.3, 0.4) is 0 Å². The zero-order valence-electron chi connectivity index (χ0n) is 18.9. The zero-order valence-corrected chi connectivity index (χ0v) is 19.7. The minimum atomic E-state index is -4.25. The first kappa shape index (κ1) is 25.6. The second kappa shape index (κ2) is 10.5. The Morgan fingerprint density at radius 1 is 1.14 bits per heavy atom. The Labute approximate surface area is 200 Å².